The Morgan fingerprint density at radius 2 is 2.00 bits per heavy atom. The predicted octanol–water partition coefficient (Wildman–Crippen LogP) is 3.02. The van der Waals surface area contributed by atoms with Crippen LogP contribution in [-0.4, -0.2) is 0 Å². The van der Waals surface area contributed by atoms with E-state index in [0.717, 1.165) is 12.0 Å². The van der Waals surface area contributed by atoms with Gasteiger partial charge in [0.05, 0.1) is 0 Å². The second kappa shape index (κ2) is 4.43. The van der Waals surface area contributed by atoms with E-state index in [9.17, 15) is 4.39 Å². The molecule has 0 saturated carbocycles. The van der Waals surface area contributed by atoms with Crippen molar-refractivity contribution in [3.8, 4) is 0 Å². The zero-order valence-corrected chi connectivity index (χ0v) is 7.61. The molecule has 0 spiro atoms. The van der Waals surface area contributed by atoms with Crippen molar-refractivity contribution in [2.75, 3.05) is 0 Å². The lowest BCUT2D eigenvalue weighted by molar-refractivity contribution is 0.617. The van der Waals surface area contributed by atoms with Crippen LogP contribution in [0.1, 0.15) is 24.9 Å². The van der Waals surface area contributed by atoms with Crippen molar-refractivity contribution in [1.29, 1.82) is 0 Å². The Balaban J connectivity index is 2.80. The van der Waals surface area contributed by atoms with E-state index in [1.807, 2.05) is 6.92 Å². The summed E-state index contributed by atoms with van der Waals surface area (Å²) in [6.45, 7) is 2.02. The summed E-state index contributed by atoms with van der Waals surface area (Å²) >= 11 is 5.50. The summed E-state index contributed by atoms with van der Waals surface area (Å²) in [7, 11) is 0. The van der Waals surface area contributed by atoms with Crippen molar-refractivity contribution >= 4 is 11.8 Å². The summed E-state index contributed by atoms with van der Waals surface area (Å²) in [5, 5.41) is 0. The molecule has 1 unspecified atom stereocenters. The van der Waals surface area contributed by atoms with Gasteiger partial charge < -0.3 is 0 Å². The van der Waals surface area contributed by atoms with E-state index in [1.165, 1.54) is 12.1 Å². The lowest BCUT2D eigenvalue weighted by atomic mass is 10.1. The number of rotatable bonds is 3. The van der Waals surface area contributed by atoms with Crippen LogP contribution in [0, 0.1) is 5.82 Å². The smallest absolute Gasteiger partial charge is 0.123 e. The molecule has 1 N–H and O–H groups in total. The Morgan fingerprint density at radius 3 is 2.42 bits per heavy atom. The Hall–Kier alpha value is -0.600. The SMILES string of the molecule is CCC(NCl)c1ccc(F)cc1. The molecule has 1 nitrogen and oxygen atoms in total. The third-order valence-corrected chi connectivity index (χ3v) is 2.08. The highest BCUT2D eigenvalue weighted by Crippen LogP contribution is 2.16. The molecule has 0 radical (unpaired) electrons. The Bertz CT molecular complexity index is 231. The average molecular weight is 188 g/mol. The Labute approximate surface area is 76.7 Å². The van der Waals surface area contributed by atoms with Gasteiger partial charge in [0.1, 0.15) is 5.82 Å². The normalized spacial score (nSPS) is 12.9. The van der Waals surface area contributed by atoms with Gasteiger partial charge in [0.25, 0.3) is 0 Å². The second-order valence-electron chi connectivity index (χ2n) is 2.62. The van der Waals surface area contributed by atoms with Crippen LogP contribution < -0.4 is 4.84 Å². The minimum absolute atomic E-state index is 0.104. The fourth-order valence-electron chi connectivity index (χ4n) is 1.07. The van der Waals surface area contributed by atoms with Crippen LogP contribution in [0.25, 0.3) is 0 Å². The van der Waals surface area contributed by atoms with Gasteiger partial charge in [-0.2, -0.15) is 0 Å². The summed E-state index contributed by atoms with van der Waals surface area (Å²) < 4.78 is 12.5. The zero-order chi connectivity index (χ0) is 8.97. The van der Waals surface area contributed by atoms with Gasteiger partial charge in [-0.25, -0.2) is 9.23 Å². The maximum Gasteiger partial charge on any atom is 0.123 e. The number of nitrogens with one attached hydrogen (secondary N) is 1. The van der Waals surface area contributed by atoms with Gasteiger partial charge in [0.2, 0.25) is 0 Å². The van der Waals surface area contributed by atoms with E-state index in [1.54, 1.807) is 12.1 Å². The third kappa shape index (κ3) is 2.19. The molecule has 1 aromatic carbocycles. The van der Waals surface area contributed by atoms with Gasteiger partial charge in [-0.1, -0.05) is 19.1 Å². The standard InChI is InChI=1S/C9H11ClFN/c1-2-9(12-10)7-3-5-8(11)6-4-7/h3-6,9,12H,2H2,1H3. The highest BCUT2D eigenvalue weighted by Gasteiger charge is 2.06. The van der Waals surface area contributed by atoms with Crippen LogP contribution in [0.15, 0.2) is 24.3 Å². The van der Waals surface area contributed by atoms with Gasteiger partial charge in [0.15, 0.2) is 0 Å². The Morgan fingerprint density at radius 1 is 1.42 bits per heavy atom. The number of hydrogen-bond acceptors (Lipinski definition) is 1. The van der Waals surface area contributed by atoms with Gasteiger partial charge in [-0.15, -0.1) is 0 Å². The van der Waals surface area contributed by atoms with E-state index >= 15 is 0 Å². The quantitative estimate of drug-likeness (QED) is 0.718. The lowest BCUT2D eigenvalue weighted by Crippen LogP contribution is -2.09. The first-order chi connectivity index (χ1) is 5.77. The van der Waals surface area contributed by atoms with Gasteiger partial charge >= 0.3 is 0 Å². The minimum atomic E-state index is -0.219. The number of hydrogen-bond donors (Lipinski definition) is 1. The van der Waals surface area contributed by atoms with E-state index in [0.29, 0.717) is 0 Å². The van der Waals surface area contributed by atoms with Crippen LogP contribution in [0.4, 0.5) is 4.39 Å². The monoisotopic (exact) mass is 187 g/mol. The van der Waals surface area contributed by atoms with Crippen molar-refractivity contribution in [1.82, 2.24) is 4.84 Å². The van der Waals surface area contributed by atoms with E-state index < -0.39 is 0 Å². The molecule has 1 atom stereocenters. The van der Waals surface area contributed by atoms with Crippen molar-refractivity contribution < 1.29 is 4.39 Å². The first-order valence-electron chi connectivity index (χ1n) is 3.89. The van der Waals surface area contributed by atoms with Crippen molar-refractivity contribution in [2.45, 2.75) is 19.4 Å². The highest BCUT2D eigenvalue weighted by atomic mass is 35.5. The van der Waals surface area contributed by atoms with Gasteiger partial charge in [-0.05, 0) is 35.9 Å². The molecule has 0 heterocycles. The molecule has 3 heteroatoms. The van der Waals surface area contributed by atoms with E-state index in [-0.39, 0.29) is 11.9 Å². The van der Waals surface area contributed by atoms with Crippen LogP contribution in [-0.2, 0) is 0 Å². The molecule has 66 valence electrons. The maximum absolute atomic E-state index is 12.5. The van der Waals surface area contributed by atoms with Crippen molar-refractivity contribution in [3.63, 3.8) is 0 Å². The molecule has 1 rings (SSSR count). The zero-order valence-electron chi connectivity index (χ0n) is 6.85. The predicted molar refractivity (Wildman–Crippen MR) is 48.4 cm³/mol. The summed E-state index contributed by atoms with van der Waals surface area (Å²) in [5.41, 5.74) is 1.01. The molecule has 0 aliphatic carbocycles. The maximum atomic E-state index is 12.5. The number of halogens is 2. The summed E-state index contributed by atoms with van der Waals surface area (Å²) in [6.07, 6.45) is 0.884. The first-order valence-corrected chi connectivity index (χ1v) is 4.27. The second-order valence-corrected chi connectivity index (χ2v) is 2.84. The number of benzene rings is 1. The summed E-state index contributed by atoms with van der Waals surface area (Å²) in [5.74, 6) is -0.219. The molecule has 0 bridgehead atoms. The van der Waals surface area contributed by atoms with Gasteiger partial charge in [-0.3, -0.25) is 0 Å². The molecule has 0 amide bonds. The molecule has 0 aliphatic rings. The van der Waals surface area contributed by atoms with E-state index in [4.69, 9.17) is 11.8 Å². The fraction of sp³-hybridized carbons (Fsp3) is 0.333. The third-order valence-electron chi connectivity index (χ3n) is 1.81. The molecule has 0 aromatic heterocycles. The summed E-state index contributed by atoms with van der Waals surface area (Å²) in [4.78, 5) is 2.64. The topological polar surface area (TPSA) is 12.0 Å². The molecule has 0 saturated heterocycles. The first kappa shape index (κ1) is 9.49. The fourth-order valence-corrected chi connectivity index (χ4v) is 1.35. The Kier molecular flexibility index (Phi) is 3.50. The molecule has 12 heavy (non-hydrogen) atoms. The van der Waals surface area contributed by atoms with E-state index in [2.05, 4.69) is 4.84 Å². The average Bonchev–Trinajstić information content (AvgIpc) is 2.10. The molecule has 0 aliphatic heterocycles. The van der Waals surface area contributed by atoms with Crippen LogP contribution in [0.3, 0.4) is 0 Å². The summed E-state index contributed by atoms with van der Waals surface area (Å²) in [6, 6.07) is 6.45. The van der Waals surface area contributed by atoms with Crippen LogP contribution >= 0.6 is 11.8 Å². The molecule has 1 aromatic rings. The molecular formula is C9H11ClFN. The molecular weight excluding hydrogens is 177 g/mol. The largest absolute Gasteiger partial charge is 0.226 e. The van der Waals surface area contributed by atoms with Crippen LogP contribution in [0.2, 0.25) is 0 Å². The van der Waals surface area contributed by atoms with Crippen molar-refractivity contribution in [2.24, 2.45) is 0 Å². The molecule has 0 fully saturated rings. The lowest BCUT2D eigenvalue weighted by Gasteiger charge is -2.11. The minimum Gasteiger partial charge on any atom is -0.226 e. The highest BCUT2D eigenvalue weighted by molar-refractivity contribution is 6.13. The van der Waals surface area contributed by atoms with Crippen LogP contribution in [0.5, 0.6) is 0 Å². The van der Waals surface area contributed by atoms with Crippen molar-refractivity contribution in [3.05, 3.63) is 35.6 Å². The van der Waals surface area contributed by atoms with Gasteiger partial charge in [0, 0.05) is 6.04 Å².